The molecule has 3 saturated carbocycles. The summed E-state index contributed by atoms with van der Waals surface area (Å²) in [7, 11) is 0. The normalized spacial score (nSPS) is 38.6. The Morgan fingerprint density at radius 1 is 1.13 bits per heavy atom. The lowest BCUT2D eigenvalue weighted by atomic mass is 9.45. The van der Waals surface area contributed by atoms with Gasteiger partial charge in [-0.05, 0) is 60.7 Å². The lowest BCUT2D eigenvalue weighted by molar-refractivity contribution is -0.108. The van der Waals surface area contributed by atoms with Crippen molar-refractivity contribution in [3.05, 3.63) is 0 Å². The Bertz CT molecular complexity index is 229. The van der Waals surface area contributed by atoms with Gasteiger partial charge in [0.1, 0.15) is 0 Å². The summed E-state index contributed by atoms with van der Waals surface area (Å²) < 4.78 is 0. The number of hydrogen-bond acceptors (Lipinski definition) is 0. The maximum atomic E-state index is 2.51. The van der Waals surface area contributed by atoms with Crippen molar-refractivity contribution in [3.8, 4) is 0 Å². The molecule has 3 atom stereocenters. The second-order valence-corrected chi connectivity index (χ2v) is 7.80. The van der Waals surface area contributed by atoms with Crippen LogP contribution >= 0.6 is 0 Å². The number of hydrogen-bond donors (Lipinski definition) is 0. The van der Waals surface area contributed by atoms with Crippen molar-refractivity contribution >= 4 is 0 Å². The van der Waals surface area contributed by atoms with Crippen LogP contribution in [0, 0.1) is 28.6 Å². The second-order valence-electron chi connectivity index (χ2n) is 7.80. The van der Waals surface area contributed by atoms with Crippen LogP contribution in [0.15, 0.2) is 0 Å². The Hall–Kier alpha value is 0. The molecule has 0 nitrogen and oxygen atoms in total. The van der Waals surface area contributed by atoms with Crippen molar-refractivity contribution in [2.45, 2.75) is 66.7 Å². The van der Waals surface area contributed by atoms with Gasteiger partial charge in [-0.1, -0.05) is 34.6 Å². The van der Waals surface area contributed by atoms with Crippen molar-refractivity contribution in [2.24, 2.45) is 28.6 Å². The van der Waals surface area contributed by atoms with Crippen molar-refractivity contribution in [1.82, 2.24) is 0 Å². The minimum absolute atomic E-state index is 0.532. The maximum absolute atomic E-state index is 2.51. The standard InChI is InChI=1S/C15H28/c1-14(2,3)9-8-11-6-7-12-10-13(11)15(12,4)5/h11-13H,6-10H2,1-5H3. The summed E-state index contributed by atoms with van der Waals surface area (Å²) in [5.74, 6) is 3.16. The lowest BCUT2D eigenvalue weighted by Gasteiger charge is -2.60. The van der Waals surface area contributed by atoms with Gasteiger partial charge in [-0.3, -0.25) is 0 Å². The molecule has 3 fully saturated rings. The predicted octanol–water partition coefficient (Wildman–Crippen LogP) is 4.89. The summed E-state index contributed by atoms with van der Waals surface area (Å²) in [6.07, 6.45) is 7.47. The molecule has 0 aromatic rings. The molecular formula is C15H28. The fraction of sp³-hybridized carbons (Fsp3) is 1.00. The van der Waals surface area contributed by atoms with E-state index in [1.807, 2.05) is 0 Å². The van der Waals surface area contributed by atoms with Gasteiger partial charge in [0.15, 0.2) is 0 Å². The van der Waals surface area contributed by atoms with Gasteiger partial charge in [0.05, 0.1) is 0 Å². The average molecular weight is 208 g/mol. The molecule has 3 aliphatic rings. The van der Waals surface area contributed by atoms with Crippen LogP contribution in [0.5, 0.6) is 0 Å². The first-order chi connectivity index (χ1) is 6.81. The first-order valence-corrected chi connectivity index (χ1v) is 6.81. The Morgan fingerprint density at radius 2 is 1.80 bits per heavy atom. The van der Waals surface area contributed by atoms with E-state index in [1.165, 1.54) is 25.7 Å². The molecule has 0 aromatic heterocycles. The third kappa shape index (κ3) is 2.10. The van der Waals surface area contributed by atoms with Crippen LogP contribution in [0.1, 0.15) is 66.7 Å². The quantitative estimate of drug-likeness (QED) is 0.606. The molecule has 0 aromatic carbocycles. The molecule has 0 aliphatic heterocycles. The van der Waals surface area contributed by atoms with Crippen molar-refractivity contribution in [1.29, 1.82) is 0 Å². The molecule has 0 saturated heterocycles. The highest BCUT2D eigenvalue weighted by molar-refractivity contribution is 5.03. The Morgan fingerprint density at radius 3 is 2.27 bits per heavy atom. The monoisotopic (exact) mass is 208 g/mol. The summed E-state index contributed by atoms with van der Waals surface area (Å²) in [4.78, 5) is 0. The molecule has 3 aliphatic carbocycles. The minimum Gasteiger partial charge on any atom is -0.0602 e. The first kappa shape index (κ1) is 11.5. The van der Waals surface area contributed by atoms with Crippen molar-refractivity contribution in [2.75, 3.05) is 0 Å². The van der Waals surface area contributed by atoms with Gasteiger partial charge in [0.25, 0.3) is 0 Å². The van der Waals surface area contributed by atoms with E-state index in [1.54, 1.807) is 6.42 Å². The lowest BCUT2D eigenvalue weighted by Crippen LogP contribution is -2.52. The van der Waals surface area contributed by atoms with Crippen LogP contribution in [0.25, 0.3) is 0 Å². The highest BCUT2D eigenvalue weighted by atomic mass is 14.6. The zero-order chi connectivity index (χ0) is 11.3. The summed E-state index contributed by atoms with van der Waals surface area (Å²) in [6.45, 7) is 12.2. The average Bonchev–Trinajstić information content (AvgIpc) is 2.13. The Labute approximate surface area is 95.8 Å². The SMILES string of the molecule is CC(C)(C)CCC1CCC2CC1C2(C)C. The van der Waals surface area contributed by atoms with Gasteiger partial charge in [-0.2, -0.15) is 0 Å². The van der Waals surface area contributed by atoms with Gasteiger partial charge in [0.2, 0.25) is 0 Å². The van der Waals surface area contributed by atoms with Gasteiger partial charge >= 0.3 is 0 Å². The predicted molar refractivity (Wildman–Crippen MR) is 66.8 cm³/mol. The Balaban J connectivity index is 1.89. The third-order valence-electron chi connectivity index (χ3n) is 5.27. The summed E-state index contributed by atoms with van der Waals surface area (Å²) in [5.41, 5.74) is 1.21. The van der Waals surface area contributed by atoms with Gasteiger partial charge in [0, 0.05) is 0 Å². The van der Waals surface area contributed by atoms with Gasteiger partial charge in [-0.25, -0.2) is 0 Å². The zero-order valence-electron chi connectivity index (χ0n) is 11.3. The molecular weight excluding hydrogens is 180 g/mol. The van der Waals surface area contributed by atoms with Gasteiger partial charge in [-0.15, -0.1) is 0 Å². The van der Waals surface area contributed by atoms with E-state index in [4.69, 9.17) is 0 Å². The van der Waals surface area contributed by atoms with E-state index in [9.17, 15) is 0 Å². The van der Waals surface area contributed by atoms with Crippen LogP contribution in [-0.4, -0.2) is 0 Å². The molecule has 0 amide bonds. The molecule has 0 heteroatoms. The largest absolute Gasteiger partial charge is 0.0602 e. The van der Waals surface area contributed by atoms with Gasteiger partial charge < -0.3 is 0 Å². The van der Waals surface area contributed by atoms with Crippen LogP contribution < -0.4 is 0 Å². The summed E-state index contributed by atoms with van der Waals surface area (Å²) in [5, 5.41) is 0. The fourth-order valence-electron chi connectivity index (χ4n) is 3.93. The van der Waals surface area contributed by atoms with E-state index >= 15 is 0 Å². The van der Waals surface area contributed by atoms with E-state index < -0.39 is 0 Å². The van der Waals surface area contributed by atoms with Crippen LogP contribution in [0.2, 0.25) is 0 Å². The van der Waals surface area contributed by atoms with E-state index in [0.29, 0.717) is 10.8 Å². The first-order valence-electron chi connectivity index (χ1n) is 6.81. The molecule has 2 bridgehead atoms. The smallest absolute Gasteiger partial charge is 0.0295 e. The molecule has 0 radical (unpaired) electrons. The van der Waals surface area contributed by atoms with Crippen LogP contribution in [-0.2, 0) is 0 Å². The minimum atomic E-state index is 0.532. The topological polar surface area (TPSA) is 0 Å². The van der Waals surface area contributed by atoms with Crippen molar-refractivity contribution in [3.63, 3.8) is 0 Å². The molecule has 0 heterocycles. The molecule has 3 unspecified atom stereocenters. The second kappa shape index (κ2) is 3.50. The molecule has 0 spiro atoms. The zero-order valence-corrected chi connectivity index (χ0v) is 11.3. The maximum Gasteiger partial charge on any atom is -0.0295 e. The molecule has 3 rings (SSSR count). The molecule has 15 heavy (non-hydrogen) atoms. The molecule has 0 N–H and O–H groups in total. The highest BCUT2D eigenvalue weighted by Gasteiger charge is 2.53. The number of fused-ring (bicyclic) bond motifs is 2. The third-order valence-corrected chi connectivity index (χ3v) is 5.27. The summed E-state index contributed by atoms with van der Waals surface area (Å²) in [6, 6.07) is 0. The van der Waals surface area contributed by atoms with E-state index in [-0.39, 0.29) is 0 Å². The summed E-state index contributed by atoms with van der Waals surface area (Å²) >= 11 is 0. The van der Waals surface area contributed by atoms with Crippen LogP contribution in [0.4, 0.5) is 0 Å². The Kier molecular flexibility index (Phi) is 2.68. The van der Waals surface area contributed by atoms with E-state index in [0.717, 1.165) is 17.8 Å². The highest BCUT2D eigenvalue weighted by Crippen LogP contribution is 2.62. The van der Waals surface area contributed by atoms with Crippen molar-refractivity contribution < 1.29 is 0 Å². The van der Waals surface area contributed by atoms with Crippen LogP contribution in [0.3, 0.4) is 0 Å². The number of rotatable bonds is 2. The van der Waals surface area contributed by atoms with E-state index in [2.05, 4.69) is 34.6 Å². The molecule has 88 valence electrons. The fourth-order valence-corrected chi connectivity index (χ4v) is 3.93.